The fourth-order valence-corrected chi connectivity index (χ4v) is 2.29. The molecule has 0 aliphatic heterocycles. The van der Waals surface area contributed by atoms with Gasteiger partial charge in [-0.05, 0) is 18.1 Å². The Morgan fingerprint density at radius 3 is 2.33 bits per heavy atom. The lowest BCUT2D eigenvalue weighted by atomic mass is 9.95. The molecule has 0 aliphatic carbocycles. The Morgan fingerprint density at radius 2 is 1.81 bits per heavy atom. The van der Waals surface area contributed by atoms with E-state index in [1.54, 1.807) is 0 Å². The number of nitrogens with one attached hydrogen (secondary N) is 1. The third kappa shape index (κ3) is 4.74. The second-order valence-electron chi connectivity index (χ2n) is 4.99. The van der Waals surface area contributed by atoms with Gasteiger partial charge in [0.2, 0.25) is 0 Å². The van der Waals surface area contributed by atoms with Crippen LogP contribution in [0.5, 0.6) is 0 Å². The normalized spacial score (nSPS) is 13.3. The lowest BCUT2D eigenvalue weighted by molar-refractivity contribution is -0.137. The third-order valence-corrected chi connectivity index (χ3v) is 3.63. The predicted molar refractivity (Wildman–Crippen MR) is 75.8 cm³/mol. The summed E-state index contributed by atoms with van der Waals surface area (Å²) in [6.45, 7) is 4.15. The third-order valence-electron chi connectivity index (χ3n) is 3.63. The van der Waals surface area contributed by atoms with E-state index >= 15 is 0 Å². The van der Waals surface area contributed by atoms with Crippen molar-refractivity contribution in [1.29, 1.82) is 0 Å². The molecular weight excluding hydrogens is 281 g/mol. The van der Waals surface area contributed by atoms with Crippen LogP contribution in [-0.4, -0.2) is 18.5 Å². The lowest BCUT2D eigenvalue weighted by Crippen LogP contribution is -2.42. The van der Waals surface area contributed by atoms with Gasteiger partial charge in [0.25, 0.3) is 5.91 Å². The van der Waals surface area contributed by atoms with Gasteiger partial charge in [0.05, 0.1) is 11.1 Å². The van der Waals surface area contributed by atoms with E-state index in [0.717, 1.165) is 18.9 Å². The minimum absolute atomic E-state index is 0.164. The molecule has 3 N–H and O–H groups in total. The van der Waals surface area contributed by atoms with Gasteiger partial charge in [-0.1, -0.05) is 38.8 Å². The highest BCUT2D eigenvalue weighted by Gasteiger charge is 2.34. The first-order valence-corrected chi connectivity index (χ1v) is 7.01. The van der Waals surface area contributed by atoms with Crippen LogP contribution in [0.15, 0.2) is 24.3 Å². The first kappa shape index (κ1) is 17.5. The lowest BCUT2D eigenvalue weighted by Gasteiger charge is -2.21. The van der Waals surface area contributed by atoms with Crippen LogP contribution in [0, 0.1) is 5.92 Å². The average Bonchev–Trinajstić information content (AvgIpc) is 2.45. The van der Waals surface area contributed by atoms with Crippen LogP contribution in [0.3, 0.4) is 0 Å². The first-order chi connectivity index (χ1) is 9.81. The van der Waals surface area contributed by atoms with Gasteiger partial charge in [-0.25, -0.2) is 0 Å². The zero-order valence-electron chi connectivity index (χ0n) is 12.2. The predicted octanol–water partition coefficient (Wildman–Crippen LogP) is 3.20. The Bertz CT molecular complexity index is 470. The van der Waals surface area contributed by atoms with E-state index in [-0.39, 0.29) is 24.1 Å². The van der Waals surface area contributed by atoms with Crippen molar-refractivity contribution in [3.8, 4) is 0 Å². The van der Waals surface area contributed by atoms with Crippen LogP contribution in [0.2, 0.25) is 0 Å². The van der Waals surface area contributed by atoms with Crippen LogP contribution in [-0.2, 0) is 6.18 Å². The van der Waals surface area contributed by atoms with Crippen molar-refractivity contribution in [2.75, 3.05) is 6.54 Å². The maximum absolute atomic E-state index is 12.8. The van der Waals surface area contributed by atoms with Crippen molar-refractivity contribution >= 4 is 5.91 Å². The largest absolute Gasteiger partial charge is 0.417 e. The molecule has 21 heavy (non-hydrogen) atoms. The number of hydrogen-bond donors (Lipinski definition) is 2. The second-order valence-corrected chi connectivity index (χ2v) is 4.99. The van der Waals surface area contributed by atoms with Crippen molar-refractivity contribution in [2.45, 2.75) is 38.9 Å². The van der Waals surface area contributed by atoms with E-state index in [4.69, 9.17) is 5.73 Å². The molecule has 1 amide bonds. The highest BCUT2D eigenvalue weighted by molar-refractivity contribution is 5.95. The fourth-order valence-electron chi connectivity index (χ4n) is 2.29. The van der Waals surface area contributed by atoms with E-state index in [0.29, 0.717) is 0 Å². The SMILES string of the molecule is CCC(CC)C(N)CNC(=O)c1ccccc1C(F)(F)F. The van der Waals surface area contributed by atoms with Gasteiger partial charge in [-0.2, -0.15) is 13.2 Å². The number of amides is 1. The second kappa shape index (κ2) is 7.45. The number of carbonyl (C=O) groups is 1. The van der Waals surface area contributed by atoms with Crippen LogP contribution < -0.4 is 11.1 Å². The summed E-state index contributed by atoms with van der Waals surface area (Å²) < 4.78 is 38.5. The Labute approximate surface area is 122 Å². The zero-order chi connectivity index (χ0) is 16.0. The minimum atomic E-state index is -4.55. The van der Waals surface area contributed by atoms with E-state index in [2.05, 4.69) is 5.32 Å². The standard InChI is InChI=1S/C15H21F3N2O/c1-3-10(4-2)13(19)9-20-14(21)11-7-5-6-8-12(11)15(16,17)18/h5-8,10,13H,3-4,9,19H2,1-2H3,(H,20,21). The molecule has 0 saturated carbocycles. The van der Waals surface area contributed by atoms with Gasteiger partial charge in [0, 0.05) is 12.6 Å². The van der Waals surface area contributed by atoms with Gasteiger partial charge in [0.1, 0.15) is 0 Å². The van der Waals surface area contributed by atoms with E-state index < -0.39 is 17.6 Å². The van der Waals surface area contributed by atoms with Gasteiger partial charge in [-0.3, -0.25) is 4.79 Å². The molecule has 1 atom stereocenters. The maximum atomic E-state index is 12.8. The highest BCUT2D eigenvalue weighted by atomic mass is 19.4. The van der Waals surface area contributed by atoms with Gasteiger partial charge >= 0.3 is 6.18 Å². The summed E-state index contributed by atoms with van der Waals surface area (Å²) in [5.41, 5.74) is 4.65. The van der Waals surface area contributed by atoms with Crippen LogP contribution in [0.1, 0.15) is 42.6 Å². The van der Waals surface area contributed by atoms with Crippen LogP contribution in [0.25, 0.3) is 0 Å². The topological polar surface area (TPSA) is 55.1 Å². The summed E-state index contributed by atoms with van der Waals surface area (Å²) in [4.78, 5) is 11.9. The molecule has 0 bridgehead atoms. The number of rotatable bonds is 6. The molecule has 0 spiro atoms. The number of alkyl halides is 3. The van der Waals surface area contributed by atoms with Crippen LogP contribution in [0.4, 0.5) is 13.2 Å². The number of halogens is 3. The van der Waals surface area contributed by atoms with Crippen molar-refractivity contribution < 1.29 is 18.0 Å². The number of carbonyl (C=O) groups excluding carboxylic acids is 1. The van der Waals surface area contributed by atoms with E-state index in [1.165, 1.54) is 18.2 Å². The molecule has 1 unspecified atom stereocenters. The maximum Gasteiger partial charge on any atom is 0.417 e. The van der Waals surface area contributed by atoms with Gasteiger partial charge in [0.15, 0.2) is 0 Å². The minimum Gasteiger partial charge on any atom is -0.350 e. The first-order valence-electron chi connectivity index (χ1n) is 7.01. The number of hydrogen-bond acceptors (Lipinski definition) is 2. The number of benzene rings is 1. The Hall–Kier alpha value is -1.56. The van der Waals surface area contributed by atoms with Crippen molar-refractivity contribution in [3.05, 3.63) is 35.4 Å². The summed E-state index contributed by atoms with van der Waals surface area (Å²) in [6.07, 6.45) is -2.81. The number of nitrogens with two attached hydrogens (primary N) is 1. The monoisotopic (exact) mass is 302 g/mol. The summed E-state index contributed by atoms with van der Waals surface area (Å²) in [7, 11) is 0. The molecule has 1 aromatic carbocycles. The van der Waals surface area contributed by atoms with Gasteiger partial charge < -0.3 is 11.1 Å². The molecule has 0 aromatic heterocycles. The zero-order valence-corrected chi connectivity index (χ0v) is 12.2. The average molecular weight is 302 g/mol. The summed E-state index contributed by atoms with van der Waals surface area (Å²) in [5.74, 6) is -0.507. The van der Waals surface area contributed by atoms with E-state index in [1.807, 2.05) is 13.8 Å². The molecule has 118 valence electrons. The molecule has 6 heteroatoms. The molecule has 0 fully saturated rings. The summed E-state index contributed by atoms with van der Waals surface area (Å²) in [5, 5.41) is 2.50. The molecule has 3 nitrogen and oxygen atoms in total. The molecule has 0 radical (unpaired) electrons. The molecule has 1 rings (SSSR count). The Kier molecular flexibility index (Phi) is 6.20. The molecule has 1 aromatic rings. The fraction of sp³-hybridized carbons (Fsp3) is 0.533. The van der Waals surface area contributed by atoms with E-state index in [9.17, 15) is 18.0 Å². The summed E-state index contributed by atoms with van der Waals surface area (Å²) in [6, 6.07) is 4.47. The molecule has 0 heterocycles. The van der Waals surface area contributed by atoms with Crippen molar-refractivity contribution in [2.24, 2.45) is 11.7 Å². The summed E-state index contributed by atoms with van der Waals surface area (Å²) >= 11 is 0. The Morgan fingerprint density at radius 1 is 1.24 bits per heavy atom. The highest BCUT2D eigenvalue weighted by Crippen LogP contribution is 2.31. The van der Waals surface area contributed by atoms with Gasteiger partial charge in [-0.15, -0.1) is 0 Å². The Balaban J connectivity index is 2.78. The molecular formula is C15H21F3N2O. The molecule has 0 aliphatic rings. The van der Waals surface area contributed by atoms with Crippen LogP contribution >= 0.6 is 0 Å². The van der Waals surface area contributed by atoms with Crippen molar-refractivity contribution in [3.63, 3.8) is 0 Å². The smallest absolute Gasteiger partial charge is 0.350 e. The van der Waals surface area contributed by atoms with Crippen molar-refractivity contribution in [1.82, 2.24) is 5.32 Å². The molecule has 0 saturated heterocycles. The quantitative estimate of drug-likeness (QED) is 0.848.